The Morgan fingerprint density at radius 3 is 2.32 bits per heavy atom. The highest BCUT2D eigenvalue weighted by atomic mass is 16.5. The fraction of sp³-hybridized carbons (Fsp3) is 0.579. The molecule has 0 fully saturated rings. The van der Waals surface area contributed by atoms with E-state index in [1.807, 2.05) is 18.2 Å². The fourth-order valence-electron chi connectivity index (χ4n) is 2.25. The van der Waals surface area contributed by atoms with Crippen LogP contribution in [-0.2, 0) is 9.53 Å². The monoisotopic (exact) mass is 304 g/mol. The van der Waals surface area contributed by atoms with E-state index in [1.54, 1.807) is 12.1 Å². The Hall–Kier alpha value is -1.64. The van der Waals surface area contributed by atoms with Gasteiger partial charge in [0.1, 0.15) is 0 Å². The Bertz CT molecular complexity index is 437. The number of ketones is 1. The quantitative estimate of drug-likeness (QED) is 0.335. The van der Waals surface area contributed by atoms with Gasteiger partial charge in [0.15, 0.2) is 5.78 Å². The predicted octanol–water partition coefficient (Wildman–Crippen LogP) is 4.80. The van der Waals surface area contributed by atoms with Gasteiger partial charge in [0.05, 0.1) is 13.0 Å². The van der Waals surface area contributed by atoms with Crippen LogP contribution in [0.2, 0.25) is 0 Å². The fourth-order valence-corrected chi connectivity index (χ4v) is 2.25. The topological polar surface area (TPSA) is 43.4 Å². The number of Topliss-reactive ketones (excluding diaryl/α,β-unsaturated/α-hetero) is 1. The molecule has 0 radical (unpaired) electrons. The van der Waals surface area contributed by atoms with Crippen LogP contribution in [0.3, 0.4) is 0 Å². The maximum absolute atomic E-state index is 11.8. The normalized spacial score (nSPS) is 10.7. The number of hydrogen-bond donors (Lipinski definition) is 0. The molecule has 0 aliphatic carbocycles. The van der Waals surface area contributed by atoms with E-state index in [0.29, 0.717) is 12.2 Å². The first-order chi connectivity index (χ1) is 10.6. The average Bonchev–Trinajstić information content (AvgIpc) is 2.52. The highest BCUT2D eigenvalue weighted by molar-refractivity contribution is 5.97. The number of benzene rings is 1. The summed E-state index contributed by atoms with van der Waals surface area (Å²) in [7, 11) is 0. The summed E-state index contributed by atoms with van der Waals surface area (Å²) in [5.74, 6) is 0.484. The molecule has 0 aromatic heterocycles. The number of unbranched alkanes of at least 4 members (excludes halogenated alkanes) is 3. The van der Waals surface area contributed by atoms with E-state index in [9.17, 15) is 9.59 Å². The second kappa shape index (κ2) is 11.0. The van der Waals surface area contributed by atoms with Crippen LogP contribution in [0.25, 0.3) is 0 Å². The molecule has 0 saturated carbocycles. The zero-order valence-corrected chi connectivity index (χ0v) is 13.8. The maximum atomic E-state index is 11.8. The summed E-state index contributed by atoms with van der Waals surface area (Å²) >= 11 is 0. The molecule has 0 saturated heterocycles. The van der Waals surface area contributed by atoms with E-state index < -0.39 is 0 Å². The summed E-state index contributed by atoms with van der Waals surface area (Å²) < 4.78 is 5.16. The third-order valence-electron chi connectivity index (χ3n) is 3.59. The van der Waals surface area contributed by atoms with Crippen molar-refractivity contribution < 1.29 is 14.3 Å². The molecule has 3 heteroatoms. The second-order valence-corrected chi connectivity index (χ2v) is 6.11. The van der Waals surface area contributed by atoms with Crippen LogP contribution in [0.15, 0.2) is 30.3 Å². The number of carbonyl (C=O) groups is 2. The van der Waals surface area contributed by atoms with Gasteiger partial charge in [-0.3, -0.25) is 9.59 Å². The van der Waals surface area contributed by atoms with Crippen LogP contribution >= 0.6 is 0 Å². The van der Waals surface area contributed by atoms with E-state index in [0.717, 1.165) is 18.8 Å². The highest BCUT2D eigenvalue weighted by Gasteiger charge is 2.09. The molecule has 0 aliphatic heterocycles. The Balaban J connectivity index is 2.03. The van der Waals surface area contributed by atoms with Crippen LogP contribution in [0.5, 0.6) is 0 Å². The molecule has 3 nitrogen and oxygen atoms in total. The van der Waals surface area contributed by atoms with Crippen molar-refractivity contribution in [1.82, 2.24) is 0 Å². The molecule has 0 N–H and O–H groups in total. The minimum Gasteiger partial charge on any atom is -0.466 e. The number of esters is 1. The molecule has 22 heavy (non-hydrogen) atoms. The molecule has 1 aromatic carbocycles. The van der Waals surface area contributed by atoms with E-state index in [4.69, 9.17) is 4.74 Å². The van der Waals surface area contributed by atoms with E-state index >= 15 is 0 Å². The molecule has 1 aromatic rings. The van der Waals surface area contributed by atoms with Gasteiger partial charge < -0.3 is 4.74 Å². The van der Waals surface area contributed by atoms with Crippen molar-refractivity contribution in [3.05, 3.63) is 35.9 Å². The first kappa shape index (κ1) is 18.4. The molecule has 0 heterocycles. The van der Waals surface area contributed by atoms with Gasteiger partial charge in [-0.2, -0.15) is 0 Å². The third kappa shape index (κ3) is 8.60. The molecular formula is C19H28O3. The largest absolute Gasteiger partial charge is 0.466 e. The number of carbonyl (C=O) groups excluding carboxylic acids is 2. The lowest BCUT2D eigenvalue weighted by Crippen LogP contribution is -2.09. The van der Waals surface area contributed by atoms with Crippen LogP contribution in [-0.4, -0.2) is 18.4 Å². The zero-order chi connectivity index (χ0) is 16.2. The van der Waals surface area contributed by atoms with Gasteiger partial charge in [-0.25, -0.2) is 0 Å². The van der Waals surface area contributed by atoms with Crippen molar-refractivity contribution in [2.45, 2.75) is 58.8 Å². The van der Waals surface area contributed by atoms with E-state index in [2.05, 4.69) is 13.8 Å². The Morgan fingerprint density at radius 2 is 1.64 bits per heavy atom. The minimum absolute atomic E-state index is 0.00812. The third-order valence-corrected chi connectivity index (χ3v) is 3.59. The molecule has 0 unspecified atom stereocenters. The van der Waals surface area contributed by atoms with Crippen molar-refractivity contribution in [1.29, 1.82) is 0 Å². The summed E-state index contributed by atoms with van der Waals surface area (Å²) in [6.45, 7) is 4.94. The molecule has 0 bridgehead atoms. The molecule has 0 amide bonds. The van der Waals surface area contributed by atoms with Gasteiger partial charge in [0.25, 0.3) is 0 Å². The number of hydrogen-bond acceptors (Lipinski definition) is 3. The van der Waals surface area contributed by atoms with Gasteiger partial charge in [0.2, 0.25) is 0 Å². The molecular weight excluding hydrogens is 276 g/mol. The highest BCUT2D eigenvalue weighted by Crippen LogP contribution is 2.10. The smallest absolute Gasteiger partial charge is 0.306 e. The Labute approximate surface area is 134 Å². The molecule has 0 aliphatic rings. The van der Waals surface area contributed by atoms with Gasteiger partial charge >= 0.3 is 5.97 Å². The number of rotatable bonds is 11. The predicted molar refractivity (Wildman–Crippen MR) is 88.9 cm³/mol. The van der Waals surface area contributed by atoms with Crippen LogP contribution < -0.4 is 0 Å². The van der Waals surface area contributed by atoms with Gasteiger partial charge in [-0.1, -0.05) is 69.9 Å². The lowest BCUT2D eigenvalue weighted by molar-refractivity contribution is -0.143. The van der Waals surface area contributed by atoms with Crippen molar-refractivity contribution in [2.24, 2.45) is 5.92 Å². The summed E-state index contributed by atoms with van der Waals surface area (Å²) in [6.07, 6.45) is 6.11. The van der Waals surface area contributed by atoms with Gasteiger partial charge in [-0.05, 0) is 12.3 Å². The van der Waals surface area contributed by atoms with Crippen LogP contribution in [0.1, 0.15) is 69.2 Å². The summed E-state index contributed by atoms with van der Waals surface area (Å²) in [6, 6.07) is 9.05. The minimum atomic E-state index is -0.272. The molecule has 122 valence electrons. The average molecular weight is 304 g/mol. The summed E-state index contributed by atoms with van der Waals surface area (Å²) in [5.41, 5.74) is 0.653. The Kier molecular flexibility index (Phi) is 9.20. The maximum Gasteiger partial charge on any atom is 0.306 e. The van der Waals surface area contributed by atoms with Crippen molar-refractivity contribution >= 4 is 11.8 Å². The van der Waals surface area contributed by atoms with E-state index in [1.165, 1.54) is 19.3 Å². The van der Waals surface area contributed by atoms with Gasteiger partial charge in [0, 0.05) is 12.0 Å². The van der Waals surface area contributed by atoms with Crippen molar-refractivity contribution in [3.63, 3.8) is 0 Å². The lowest BCUT2D eigenvalue weighted by atomic mass is 10.0. The Morgan fingerprint density at radius 1 is 0.955 bits per heavy atom. The number of ether oxygens (including phenoxy) is 1. The standard InChI is InChI=1S/C19H28O3/c1-16(2)10-6-3-4-9-15-22-19(21)14-13-18(20)17-11-7-5-8-12-17/h5,7-8,11-12,16H,3-4,6,9-10,13-15H2,1-2H3. The van der Waals surface area contributed by atoms with Crippen molar-refractivity contribution in [3.8, 4) is 0 Å². The van der Waals surface area contributed by atoms with Crippen LogP contribution in [0.4, 0.5) is 0 Å². The lowest BCUT2D eigenvalue weighted by Gasteiger charge is -2.06. The molecule has 1 rings (SSSR count). The van der Waals surface area contributed by atoms with Gasteiger partial charge in [-0.15, -0.1) is 0 Å². The first-order valence-corrected chi connectivity index (χ1v) is 8.33. The van der Waals surface area contributed by atoms with E-state index in [-0.39, 0.29) is 24.6 Å². The SMILES string of the molecule is CC(C)CCCCCCOC(=O)CCC(=O)c1ccccc1. The summed E-state index contributed by atoms with van der Waals surface area (Å²) in [4.78, 5) is 23.4. The first-order valence-electron chi connectivity index (χ1n) is 8.33. The zero-order valence-electron chi connectivity index (χ0n) is 13.8. The summed E-state index contributed by atoms with van der Waals surface area (Å²) in [5, 5.41) is 0. The van der Waals surface area contributed by atoms with Crippen LogP contribution in [0, 0.1) is 5.92 Å². The molecule has 0 atom stereocenters. The molecule has 0 spiro atoms. The van der Waals surface area contributed by atoms with Crippen molar-refractivity contribution in [2.75, 3.05) is 6.61 Å². The second-order valence-electron chi connectivity index (χ2n) is 6.11.